The minimum Gasteiger partial charge on any atom is -0.379 e. The van der Waals surface area contributed by atoms with E-state index >= 15 is 0 Å². The van der Waals surface area contributed by atoms with Crippen LogP contribution in [-0.4, -0.2) is 24.7 Å². The van der Waals surface area contributed by atoms with Crippen LogP contribution in [0, 0.1) is 12.7 Å². The zero-order chi connectivity index (χ0) is 13.2. The fourth-order valence-electron chi connectivity index (χ4n) is 1.86. The van der Waals surface area contributed by atoms with Crippen LogP contribution < -0.4 is 11.1 Å². The quantitative estimate of drug-likeness (QED) is 0.839. The highest BCUT2D eigenvalue weighted by molar-refractivity contribution is 5.86. The molecule has 1 amide bonds. The standard InChI is InChI=1S/C13H17FN2O2/c1-9-2-3-10(6-11(9)14)7-16-12(17)13(15)4-5-18-8-13/h2-3,6H,4-5,7-8,15H2,1H3,(H,16,17). The second kappa shape index (κ2) is 5.04. The monoisotopic (exact) mass is 252 g/mol. The summed E-state index contributed by atoms with van der Waals surface area (Å²) in [5.74, 6) is -0.519. The van der Waals surface area contributed by atoms with E-state index in [0.29, 0.717) is 24.2 Å². The number of nitrogens with two attached hydrogens (primary N) is 1. The van der Waals surface area contributed by atoms with Gasteiger partial charge in [0.1, 0.15) is 11.4 Å². The average molecular weight is 252 g/mol. The highest BCUT2D eigenvalue weighted by Crippen LogP contribution is 2.16. The molecule has 1 aromatic carbocycles. The van der Waals surface area contributed by atoms with E-state index in [9.17, 15) is 9.18 Å². The summed E-state index contributed by atoms with van der Waals surface area (Å²) in [4.78, 5) is 11.9. The van der Waals surface area contributed by atoms with Gasteiger partial charge in [0.15, 0.2) is 0 Å². The summed E-state index contributed by atoms with van der Waals surface area (Å²) in [6.07, 6.45) is 0.515. The molecule has 3 N–H and O–H groups in total. The number of carbonyl (C=O) groups is 1. The van der Waals surface area contributed by atoms with Crippen molar-refractivity contribution >= 4 is 5.91 Å². The van der Waals surface area contributed by atoms with Crippen molar-refractivity contribution in [3.8, 4) is 0 Å². The van der Waals surface area contributed by atoms with Gasteiger partial charge in [0.25, 0.3) is 0 Å². The van der Waals surface area contributed by atoms with Gasteiger partial charge in [-0.2, -0.15) is 0 Å². The van der Waals surface area contributed by atoms with Crippen LogP contribution in [0.1, 0.15) is 17.5 Å². The van der Waals surface area contributed by atoms with Crippen LogP contribution in [0.4, 0.5) is 4.39 Å². The highest BCUT2D eigenvalue weighted by Gasteiger charge is 2.37. The number of ether oxygens (including phenoxy) is 1. The van der Waals surface area contributed by atoms with Crippen molar-refractivity contribution in [3.05, 3.63) is 35.1 Å². The maximum absolute atomic E-state index is 13.3. The minimum absolute atomic E-state index is 0.237. The van der Waals surface area contributed by atoms with E-state index < -0.39 is 5.54 Å². The Kier molecular flexibility index (Phi) is 3.63. The summed E-state index contributed by atoms with van der Waals surface area (Å²) in [5, 5.41) is 2.72. The van der Waals surface area contributed by atoms with Gasteiger partial charge >= 0.3 is 0 Å². The molecule has 0 radical (unpaired) electrons. The Labute approximate surface area is 105 Å². The summed E-state index contributed by atoms with van der Waals surface area (Å²) < 4.78 is 18.4. The van der Waals surface area contributed by atoms with Crippen molar-refractivity contribution in [1.29, 1.82) is 0 Å². The number of benzene rings is 1. The van der Waals surface area contributed by atoms with Crippen LogP contribution in [0.5, 0.6) is 0 Å². The number of rotatable bonds is 3. The van der Waals surface area contributed by atoms with Gasteiger partial charge in [-0.05, 0) is 30.5 Å². The van der Waals surface area contributed by atoms with E-state index in [1.165, 1.54) is 6.07 Å². The fraction of sp³-hybridized carbons (Fsp3) is 0.462. The largest absolute Gasteiger partial charge is 0.379 e. The highest BCUT2D eigenvalue weighted by atomic mass is 19.1. The molecule has 1 atom stereocenters. The van der Waals surface area contributed by atoms with Crippen molar-refractivity contribution in [1.82, 2.24) is 5.32 Å². The van der Waals surface area contributed by atoms with E-state index in [4.69, 9.17) is 10.5 Å². The Morgan fingerprint density at radius 3 is 3.00 bits per heavy atom. The molecule has 1 saturated heterocycles. The number of amides is 1. The molecule has 0 bridgehead atoms. The molecule has 1 fully saturated rings. The van der Waals surface area contributed by atoms with Crippen molar-refractivity contribution in [3.63, 3.8) is 0 Å². The van der Waals surface area contributed by atoms with Crippen LogP contribution in [-0.2, 0) is 16.1 Å². The lowest BCUT2D eigenvalue weighted by Gasteiger charge is -2.20. The summed E-state index contributed by atoms with van der Waals surface area (Å²) in [6.45, 7) is 2.71. The number of aryl methyl sites for hydroxylation is 1. The molecule has 2 rings (SSSR count). The molecule has 4 nitrogen and oxygen atoms in total. The van der Waals surface area contributed by atoms with E-state index in [2.05, 4.69) is 5.32 Å². The number of carbonyl (C=O) groups excluding carboxylic acids is 1. The molecule has 0 spiro atoms. The van der Waals surface area contributed by atoms with Gasteiger partial charge in [-0.15, -0.1) is 0 Å². The molecule has 1 aliphatic rings. The van der Waals surface area contributed by atoms with E-state index in [-0.39, 0.29) is 24.9 Å². The number of hydrogen-bond donors (Lipinski definition) is 2. The first-order valence-electron chi connectivity index (χ1n) is 5.91. The molecule has 98 valence electrons. The third kappa shape index (κ3) is 2.68. The molecule has 0 saturated carbocycles. The van der Waals surface area contributed by atoms with Crippen molar-refractivity contribution < 1.29 is 13.9 Å². The first-order chi connectivity index (χ1) is 8.51. The molecule has 1 aliphatic heterocycles. The maximum atomic E-state index is 13.3. The van der Waals surface area contributed by atoms with Gasteiger partial charge in [-0.25, -0.2) is 4.39 Å². The summed E-state index contributed by atoms with van der Waals surface area (Å²) in [5.41, 5.74) is 6.27. The lowest BCUT2D eigenvalue weighted by molar-refractivity contribution is -0.126. The van der Waals surface area contributed by atoms with Gasteiger partial charge in [0.2, 0.25) is 5.91 Å². The molecule has 1 unspecified atom stereocenters. The van der Waals surface area contributed by atoms with E-state index in [1.807, 2.05) is 0 Å². The third-order valence-corrected chi connectivity index (χ3v) is 3.19. The Hall–Kier alpha value is -1.46. The SMILES string of the molecule is Cc1ccc(CNC(=O)C2(N)CCOC2)cc1F. The summed E-state index contributed by atoms with van der Waals surface area (Å²) in [6, 6.07) is 4.89. The van der Waals surface area contributed by atoms with Gasteiger partial charge in [0.05, 0.1) is 6.61 Å². The number of halogens is 1. The van der Waals surface area contributed by atoms with E-state index in [1.54, 1.807) is 19.1 Å². The van der Waals surface area contributed by atoms with Gasteiger partial charge in [0, 0.05) is 13.2 Å². The van der Waals surface area contributed by atoms with Crippen LogP contribution in [0.3, 0.4) is 0 Å². The Bertz CT molecular complexity index is 456. The fourth-order valence-corrected chi connectivity index (χ4v) is 1.86. The predicted octanol–water partition coefficient (Wildman–Crippen LogP) is 0.868. The Balaban J connectivity index is 1.95. The van der Waals surface area contributed by atoms with Crippen LogP contribution in [0.15, 0.2) is 18.2 Å². The molecule has 1 aromatic rings. The van der Waals surface area contributed by atoms with Crippen LogP contribution in [0.25, 0.3) is 0 Å². The molecule has 5 heteroatoms. The smallest absolute Gasteiger partial charge is 0.242 e. The number of nitrogens with one attached hydrogen (secondary N) is 1. The lowest BCUT2D eigenvalue weighted by atomic mass is 9.99. The van der Waals surface area contributed by atoms with Gasteiger partial charge < -0.3 is 15.8 Å². The lowest BCUT2D eigenvalue weighted by Crippen LogP contribution is -2.54. The predicted molar refractivity (Wildman–Crippen MR) is 65.3 cm³/mol. The Morgan fingerprint density at radius 2 is 2.39 bits per heavy atom. The normalized spacial score (nSPS) is 23.1. The van der Waals surface area contributed by atoms with Gasteiger partial charge in [-0.1, -0.05) is 12.1 Å². The molecule has 18 heavy (non-hydrogen) atoms. The topological polar surface area (TPSA) is 64.4 Å². The molecular formula is C13H17FN2O2. The van der Waals surface area contributed by atoms with Crippen molar-refractivity contribution in [2.75, 3.05) is 13.2 Å². The summed E-state index contributed by atoms with van der Waals surface area (Å²) in [7, 11) is 0. The maximum Gasteiger partial charge on any atom is 0.242 e. The zero-order valence-electron chi connectivity index (χ0n) is 10.3. The third-order valence-electron chi connectivity index (χ3n) is 3.19. The van der Waals surface area contributed by atoms with Crippen molar-refractivity contribution in [2.24, 2.45) is 5.73 Å². The van der Waals surface area contributed by atoms with Gasteiger partial charge in [-0.3, -0.25) is 4.79 Å². The molecular weight excluding hydrogens is 235 g/mol. The molecule has 0 aromatic heterocycles. The van der Waals surface area contributed by atoms with Crippen molar-refractivity contribution in [2.45, 2.75) is 25.4 Å². The Morgan fingerprint density at radius 1 is 1.61 bits per heavy atom. The minimum atomic E-state index is -0.941. The first kappa shape index (κ1) is 13.0. The zero-order valence-corrected chi connectivity index (χ0v) is 10.3. The summed E-state index contributed by atoms with van der Waals surface area (Å²) >= 11 is 0. The average Bonchev–Trinajstić information content (AvgIpc) is 2.79. The molecule has 0 aliphatic carbocycles. The first-order valence-corrected chi connectivity index (χ1v) is 5.91. The van der Waals surface area contributed by atoms with E-state index in [0.717, 1.165) is 0 Å². The molecule has 1 heterocycles. The number of hydrogen-bond acceptors (Lipinski definition) is 3. The second-order valence-corrected chi connectivity index (χ2v) is 4.72. The van der Waals surface area contributed by atoms with Crippen LogP contribution in [0.2, 0.25) is 0 Å². The van der Waals surface area contributed by atoms with Crippen LogP contribution >= 0.6 is 0 Å². The second-order valence-electron chi connectivity index (χ2n) is 4.72.